The highest BCUT2D eigenvalue weighted by atomic mass is 16.4. The van der Waals surface area contributed by atoms with Crippen LogP contribution in [-0.4, -0.2) is 64.0 Å². The predicted molar refractivity (Wildman–Crippen MR) is 77.9 cm³/mol. The number of hydrogen-bond acceptors (Lipinski definition) is 4. The molecule has 0 aliphatic carbocycles. The first-order valence-corrected chi connectivity index (χ1v) is 7.25. The monoisotopic (exact) mass is 299 g/mol. The Kier molecular flexibility index (Phi) is 5.71. The van der Waals surface area contributed by atoms with Gasteiger partial charge in [0.1, 0.15) is 5.54 Å². The van der Waals surface area contributed by atoms with Gasteiger partial charge in [-0.25, -0.2) is 4.79 Å². The second-order valence-corrected chi connectivity index (χ2v) is 6.14. The summed E-state index contributed by atoms with van der Waals surface area (Å²) >= 11 is 0. The minimum atomic E-state index is -0.844. The van der Waals surface area contributed by atoms with Crippen molar-refractivity contribution in [1.82, 2.24) is 15.1 Å². The number of nitrogens with one attached hydrogen (secondary N) is 1. The minimum Gasteiger partial charge on any atom is -0.481 e. The second kappa shape index (κ2) is 6.89. The van der Waals surface area contributed by atoms with Crippen molar-refractivity contribution in [1.29, 1.82) is 0 Å². The van der Waals surface area contributed by atoms with Gasteiger partial charge in [-0.1, -0.05) is 0 Å². The average molecular weight is 299 g/mol. The van der Waals surface area contributed by atoms with E-state index >= 15 is 0 Å². The molecule has 1 rings (SSSR count). The van der Waals surface area contributed by atoms with Crippen LogP contribution >= 0.6 is 0 Å². The first-order chi connectivity index (χ1) is 9.65. The van der Waals surface area contributed by atoms with Crippen molar-refractivity contribution in [3.63, 3.8) is 0 Å². The molecule has 0 saturated carbocycles. The van der Waals surface area contributed by atoms with Gasteiger partial charge in [0.05, 0.1) is 0 Å². The lowest BCUT2D eigenvalue weighted by atomic mass is 10.1. The molecule has 7 heteroatoms. The van der Waals surface area contributed by atoms with E-state index in [1.54, 1.807) is 13.8 Å². The van der Waals surface area contributed by atoms with Crippen LogP contribution in [-0.2, 0) is 9.59 Å². The molecule has 0 aromatic rings. The average Bonchev–Trinajstić information content (AvgIpc) is 2.53. The molecule has 1 aliphatic heterocycles. The zero-order chi connectivity index (χ0) is 16.2. The summed E-state index contributed by atoms with van der Waals surface area (Å²) in [6, 6.07) is -0.133. The molecule has 0 radical (unpaired) electrons. The SMILES string of the molecule is CC(C)N(CCCC(=O)O)CCN1C(=O)NC(C)(C)C1=O. The van der Waals surface area contributed by atoms with Gasteiger partial charge in [-0.05, 0) is 40.7 Å². The number of hydrogen-bond donors (Lipinski definition) is 2. The van der Waals surface area contributed by atoms with Gasteiger partial charge in [0.2, 0.25) is 0 Å². The van der Waals surface area contributed by atoms with Crippen molar-refractivity contribution in [2.75, 3.05) is 19.6 Å². The van der Waals surface area contributed by atoms with E-state index in [-0.39, 0.29) is 24.4 Å². The molecule has 1 fully saturated rings. The van der Waals surface area contributed by atoms with E-state index in [0.717, 1.165) is 0 Å². The van der Waals surface area contributed by atoms with Gasteiger partial charge in [-0.15, -0.1) is 0 Å². The molecular formula is C14H25N3O4. The van der Waals surface area contributed by atoms with E-state index in [1.165, 1.54) is 4.90 Å². The highest BCUT2D eigenvalue weighted by molar-refractivity contribution is 6.06. The maximum atomic E-state index is 12.1. The fraction of sp³-hybridized carbons (Fsp3) is 0.786. The van der Waals surface area contributed by atoms with E-state index in [1.807, 2.05) is 13.8 Å². The zero-order valence-electron chi connectivity index (χ0n) is 13.2. The summed E-state index contributed by atoms with van der Waals surface area (Å²) in [5, 5.41) is 11.3. The molecule has 3 amide bonds. The lowest BCUT2D eigenvalue weighted by Crippen LogP contribution is -2.43. The summed E-state index contributed by atoms with van der Waals surface area (Å²) in [5.41, 5.74) is -0.844. The molecule has 1 aliphatic rings. The number of imide groups is 1. The summed E-state index contributed by atoms with van der Waals surface area (Å²) < 4.78 is 0. The van der Waals surface area contributed by atoms with E-state index in [9.17, 15) is 14.4 Å². The minimum absolute atomic E-state index is 0.124. The number of carbonyl (C=O) groups excluding carboxylic acids is 2. The molecule has 0 aromatic heterocycles. The maximum Gasteiger partial charge on any atom is 0.325 e. The van der Waals surface area contributed by atoms with Gasteiger partial charge in [-0.3, -0.25) is 19.4 Å². The topological polar surface area (TPSA) is 90.0 Å². The van der Waals surface area contributed by atoms with Crippen molar-refractivity contribution in [2.24, 2.45) is 0 Å². The van der Waals surface area contributed by atoms with Gasteiger partial charge >= 0.3 is 12.0 Å². The summed E-state index contributed by atoms with van der Waals surface area (Å²) in [7, 11) is 0. The molecule has 0 aromatic carbocycles. The first-order valence-electron chi connectivity index (χ1n) is 7.25. The van der Waals surface area contributed by atoms with Crippen LogP contribution < -0.4 is 5.32 Å². The van der Waals surface area contributed by atoms with E-state index in [4.69, 9.17) is 5.11 Å². The van der Waals surface area contributed by atoms with Gasteiger partial charge in [0.25, 0.3) is 5.91 Å². The maximum absolute atomic E-state index is 12.1. The molecule has 0 spiro atoms. The Morgan fingerprint density at radius 1 is 1.33 bits per heavy atom. The third-order valence-electron chi connectivity index (χ3n) is 3.62. The second-order valence-electron chi connectivity index (χ2n) is 6.14. The standard InChI is InChI=1S/C14H25N3O4/c1-10(2)16(7-5-6-11(18)19)8-9-17-12(20)14(3,4)15-13(17)21/h10H,5-9H2,1-4H3,(H,15,21)(H,18,19). The van der Waals surface area contributed by atoms with Crippen molar-refractivity contribution < 1.29 is 19.5 Å². The van der Waals surface area contributed by atoms with E-state index in [0.29, 0.717) is 26.1 Å². The highest BCUT2D eigenvalue weighted by Gasteiger charge is 2.43. The Hall–Kier alpha value is -1.63. The largest absolute Gasteiger partial charge is 0.481 e. The summed E-state index contributed by atoms with van der Waals surface area (Å²) in [4.78, 5) is 37.7. The smallest absolute Gasteiger partial charge is 0.325 e. The zero-order valence-corrected chi connectivity index (χ0v) is 13.2. The van der Waals surface area contributed by atoms with Crippen LogP contribution in [0.5, 0.6) is 0 Å². The molecule has 2 N–H and O–H groups in total. The summed E-state index contributed by atoms with van der Waals surface area (Å²) in [6.07, 6.45) is 0.679. The number of aliphatic carboxylic acids is 1. The fourth-order valence-electron chi connectivity index (χ4n) is 2.31. The first kappa shape index (κ1) is 17.4. The Labute approximate surface area is 125 Å². The number of carboxylic acid groups (broad SMARTS) is 1. The van der Waals surface area contributed by atoms with Crippen molar-refractivity contribution in [3.05, 3.63) is 0 Å². The number of rotatable bonds is 8. The van der Waals surface area contributed by atoms with Crippen LogP contribution in [0, 0.1) is 0 Å². The quantitative estimate of drug-likeness (QED) is 0.650. The Morgan fingerprint density at radius 2 is 1.95 bits per heavy atom. The van der Waals surface area contributed by atoms with Gasteiger partial charge < -0.3 is 10.4 Å². The lowest BCUT2D eigenvalue weighted by Gasteiger charge is -2.28. The number of nitrogens with zero attached hydrogens (tertiary/aromatic N) is 2. The fourth-order valence-corrected chi connectivity index (χ4v) is 2.31. The van der Waals surface area contributed by atoms with Gasteiger partial charge in [-0.2, -0.15) is 0 Å². The number of carbonyl (C=O) groups is 3. The Morgan fingerprint density at radius 3 is 2.38 bits per heavy atom. The molecule has 1 saturated heterocycles. The molecule has 21 heavy (non-hydrogen) atoms. The Bertz CT molecular complexity index is 420. The Balaban J connectivity index is 2.52. The van der Waals surface area contributed by atoms with Crippen LogP contribution in [0.25, 0.3) is 0 Å². The van der Waals surface area contributed by atoms with Crippen LogP contribution in [0.15, 0.2) is 0 Å². The van der Waals surface area contributed by atoms with Gasteiger partial charge in [0.15, 0.2) is 0 Å². The normalized spacial score (nSPS) is 17.7. The predicted octanol–water partition coefficient (Wildman–Crippen LogP) is 0.892. The highest BCUT2D eigenvalue weighted by Crippen LogP contribution is 2.16. The third kappa shape index (κ3) is 4.70. The summed E-state index contributed by atoms with van der Waals surface area (Å²) in [6.45, 7) is 8.89. The van der Waals surface area contributed by atoms with E-state index in [2.05, 4.69) is 10.2 Å². The lowest BCUT2D eigenvalue weighted by molar-refractivity contribution is -0.137. The molecular weight excluding hydrogens is 274 g/mol. The molecule has 0 atom stereocenters. The van der Waals surface area contributed by atoms with Crippen molar-refractivity contribution >= 4 is 17.9 Å². The van der Waals surface area contributed by atoms with E-state index < -0.39 is 11.5 Å². The van der Waals surface area contributed by atoms with Crippen LogP contribution in [0.4, 0.5) is 4.79 Å². The number of urea groups is 1. The number of amides is 3. The van der Waals surface area contributed by atoms with Gasteiger partial charge in [0, 0.05) is 25.6 Å². The van der Waals surface area contributed by atoms with Crippen LogP contribution in [0.2, 0.25) is 0 Å². The van der Waals surface area contributed by atoms with Crippen LogP contribution in [0.3, 0.4) is 0 Å². The molecule has 0 unspecified atom stereocenters. The van der Waals surface area contributed by atoms with Crippen molar-refractivity contribution in [2.45, 2.75) is 52.1 Å². The molecule has 120 valence electrons. The molecule has 0 bridgehead atoms. The number of carboxylic acids is 1. The third-order valence-corrected chi connectivity index (χ3v) is 3.62. The molecule has 7 nitrogen and oxygen atoms in total. The molecule has 1 heterocycles. The van der Waals surface area contributed by atoms with Crippen molar-refractivity contribution in [3.8, 4) is 0 Å². The summed E-state index contributed by atoms with van der Waals surface area (Å²) in [5.74, 6) is -1.03. The van der Waals surface area contributed by atoms with Crippen LogP contribution in [0.1, 0.15) is 40.5 Å².